The summed E-state index contributed by atoms with van der Waals surface area (Å²) in [5.74, 6) is 3.98. The van der Waals surface area contributed by atoms with Gasteiger partial charge in [-0.15, -0.1) is 0 Å². The van der Waals surface area contributed by atoms with E-state index >= 15 is 0 Å². The van der Waals surface area contributed by atoms with Crippen LogP contribution in [0.3, 0.4) is 0 Å². The van der Waals surface area contributed by atoms with Gasteiger partial charge in [0.1, 0.15) is 0 Å². The van der Waals surface area contributed by atoms with E-state index in [4.69, 9.17) is 0 Å². The minimum absolute atomic E-state index is 0.327. The fourth-order valence-electron chi connectivity index (χ4n) is 8.25. The van der Waals surface area contributed by atoms with Gasteiger partial charge >= 0.3 is 0 Å². The molecule has 0 radical (unpaired) electrons. The number of nitrogens with zero attached hydrogens (tertiary/aromatic N) is 1. The minimum atomic E-state index is 0.327. The maximum Gasteiger partial charge on any atom is 0.222 e. The molecule has 1 amide bonds. The first-order valence-corrected chi connectivity index (χ1v) is 10.7. The molecule has 0 bridgehead atoms. The average molecular weight is 348 g/mol. The van der Waals surface area contributed by atoms with Crippen molar-refractivity contribution in [3.8, 4) is 0 Å². The van der Waals surface area contributed by atoms with Crippen LogP contribution in [0.5, 0.6) is 0 Å². The van der Waals surface area contributed by atoms with Crippen LogP contribution in [0.15, 0.2) is 0 Å². The van der Waals surface area contributed by atoms with Crippen LogP contribution in [0, 0.1) is 40.4 Å². The molecule has 2 unspecified atom stereocenters. The molecule has 4 fully saturated rings. The fraction of sp³-hybridized carbons (Fsp3) is 0.955. The second-order valence-electron chi connectivity index (χ2n) is 10.4. The summed E-state index contributed by atoms with van der Waals surface area (Å²) >= 11 is 0. The van der Waals surface area contributed by atoms with E-state index in [1.165, 1.54) is 38.5 Å². The number of likely N-dealkylation sites (tertiary alicyclic amines) is 1. The van der Waals surface area contributed by atoms with Gasteiger partial charge in [-0.2, -0.15) is 0 Å². The third kappa shape index (κ3) is 2.37. The Morgan fingerprint density at radius 2 is 1.80 bits per heavy atom. The lowest BCUT2D eigenvalue weighted by Gasteiger charge is -2.62. The number of hydrogen-bond acceptors (Lipinski definition) is 2. The number of carbonyl (C=O) groups excluding carboxylic acids is 1. The standard InChI is InChI=1S/C22H37NO2/c1-14(13-24)16-6-7-17-15-5-8-19-22(3,12-10-20(25)23(19)4)18(15)9-11-21(16,17)2/h14-19,24H,5-13H2,1-4H3/t14?,15-,16+,17-,18-,19?,21+,22+/m0/s1. The van der Waals surface area contributed by atoms with E-state index in [1.54, 1.807) is 0 Å². The average Bonchev–Trinajstić information content (AvgIpc) is 2.95. The van der Waals surface area contributed by atoms with E-state index in [-0.39, 0.29) is 0 Å². The first-order chi connectivity index (χ1) is 11.8. The normalized spacial score (nSPS) is 50.8. The lowest BCUT2D eigenvalue weighted by molar-refractivity contribution is -0.159. The van der Waals surface area contributed by atoms with Gasteiger partial charge in [-0.1, -0.05) is 20.8 Å². The Morgan fingerprint density at radius 1 is 1.08 bits per heavy atom. The van der Waals surface area contributed by atoms with Crippen molar-refractivity contribution >= 4 is 5.91 Å². The topological polar surface area (TPSA) is 40.5 Å². The summed E-state index contributed by atoms with van der Waals surface area (Å²) in [6.07, 6.45) is 9.69. The molecule has 3 saturated carbocycles. The summed E-state index contributed by atoms with van der Waals surface area (Å²) in [5, 5.41) is 9.74. The van der Waals surface area contributed by atoms with Gasteiger partial charge in [0.15, 0.2) is 0 Å². The Bertz CT molecular complexity index is 548. The highest BCUT2D eigenvalue weighted by Gasteiger charge is 2.61. The van der Waals surface area contributed by atoms with Crippen molar-refractivity contribution in [1.82, 2.24) is 4.90 Å². The quantitative estimate of drug-likeness (QED) is 0.817. The predicted octanol–water partition coefficient (Wildman–Crippen LogP) is 4.09. The number of hydrogen-bond donors (Lipinski definition) is 1. The molecule has 8 atom stereocenters. The van der Waals surface area contributed by atoms with Crippen LogP contribution in [-0.2, 0) is 4.79 Å². The van der Waals surface area contributed by atoms with Crippen molar-refractivity contribution in [2.45, 2.75) is 78.2 Å². The maximum atomic E-state index is 12.2. The monoisotopic (exact) mass is 347 g/mol. The molecular weight excluding hydrogens is 310 g/mol. The first kappa shape index (κ1) is 17.8. The van der Waals surface area contributed by atoms with Crippen LogP contribution in [0.4, 0.5) is 0 Å². The van der Waals surface area contributed by atoms with Crippen LogP contribution < -0.4 is 0 Å². The zero-order valence-electron chi connectivity index (χ0n) is 16.6. The van der Waals surface area contributed by atoms with E-state index in [0.29, 0.717) is 41.2 Å². The Labute approximate surface area is 153 Å². The smallest absolute Gasteiger partial charge is 0.222 e. The summed E-state index contributed by atoms with van der Waals surface area (Å²) in [6.45, 7) is 7.64. The lowest BCUT2D eigenvalue weighted by Crippen LogP contribution is -2.61. The Balaban J connectivity index is 1.61. The molecule has 3 nitrogen and oxygen atoms in total. The molecule has 0 aromatic carbocycles. The van der Waals surface area contributed by atoms with Gasteiger partial charge in [0.05, 0.1) is 0 Å². The van der Waals surface area contributed by atoms with Crippen molar-refractivity contribution in [1.29, 1.82) is 0 Å². The molecule has 0 aromatic heterocycles. The largest absolute Gasteiger partial charge is 0.396 e. The first-order valence-electron chi connectivity index (χ1n) is 10.7. The molecule has 142 valence electrons. The van der Waals surface area contributed by atoms with Crippen molar-refractivity contribution in [3.05, 3.63) is 0 Å². The van der Waals surface area contributed by atoms with Gasteiger partial charge in [-0.3, -0.25) is 4.79 Å². The molecule has 3 heteroatoms. The van der Waals surface area contributed by atoms with Gasteiger partial charge < -0.3 is 10.0 Å². The molecular formula is C22H37NO2. The number of rotatable bonds is 2. The lowest BCUT2D eigenvalue weighted by atomic mass is 9.46. The molecule has 0 aromatic rings. The third-order valence-corrected chi connectivity index (χ3v) is 9.61. The van der Waals surface area contributed by atoms with Gasteiger partial charge in [-0.25, -0.2) is 0 Å². The van der Waals surface area contributed by atoms with Crippen LogP contribution in [-0.4, -0.2) is 35.6 Å². The molecule has 4 aliphatic rings. The van der Waals surface area contributed by atoms with Crippen molar-refractivity contribution in [3.63, 3.8) is 0 Å². The van der Waals surface area contributed by atoms with Crippen LogP contribution in [0.2, 0.25) is 0 Å². The zero-order chi connectivity index (χ0) is 18.0. The summed E-state index contributed by atoms with van der Waals surface area (Å²) in [4.78, 5) is 14.3. The van der Waals surface area contributed by atoms with E-state index in [0.717, 1.165) is 30.6 Å². The van der Waals surface area contributed by atoms with E-state index in [1.807, 2.05) is 7.05 Å². The highest BCUT2D eigenvalue weighted by atomic mass is 16.3. The van der Waals surface area contributed by atoms with E-state index in [2.05, 4.69) is 25.7 Å². The summed E-state index contributed by atoms with van der Waals surface area (Å²) in [7, 11) is 2.05. The summed E-state index contributed by atoms with van der Waals surface area (Å²) < 4.78 is 0. The molecule has 4 rings (SSSR count). The zero-order valence-corrected chi connectivity index (χ0v) is 16.6. The molecule has 0 spiro atoms. The number of aliphatic hydroxyl groups excluding tert-OH is 1. The van der Waals surface area contributed by atoms with Gasteiger partial charge in [-0.05, 0) is 85.4 Å². The molecule has 1 N–H and O–H groups in total. The molecule has 1 aliphatic heterocycles. The summed E-state index contributed by atoms with van der Waals surface area (Å²) in [5.41, 5.74) is 0.760. The van der Waals surface area contributed by atoms with Crippen LogP contribution >= 0.6 is 0 Å². The summed E-state index contributed by atoms with van der Waals surface area (Å²) in [6, 6.07) is 0.466. The number of fused-ring (bicyclic) bond motifs is 5. The van der Waals surface area contributed by atoms with Crippen molar-refractivity contribution < 1.29 is 9.90 Å². The molecule has 25 heavy (non-hydrogen) atoms. The fourth-order valence-corrected chi connectivity index (χ4v) is 8.25. The SMILES string of the molecule is CC(CO)[C@H]1CC[C@H]2[C@@H]3CCC4N(C)C(=O)CC[C@]4(C)[C@H]3CC[C@]12C. The van der Waals surface area contributed by atoms with Gasteiger partial charge in [0.2, 0.25) is 5.91 Å². The highest BCUT2D eigenvalue weighted by molar-refractivity contribution is 5.77. The molecule has 1 saturated heterocycles. The van der Waals surface area contributed by atoms with Crippen LogP contribution in [0.1, 0.15) is 72.1 Å². The maximum absolute atomic E-state index is 12.2. The highest BCUT2D eigenvalue weighted by Crippen LogP contribution is 2.67. The van der Waals surface area contributed by atoms with Gasteiger partial charge in [0, 0.05) is 26.1 Å². The van der Waals surface area contributed by atoms with Crippen molar-refractivity contribution in [2.75, 3.05) is 13.7 Å². The predicted molar refractivity (Wildman–Crippen MR) is 99.9 cm³/mol. The van der Waals surface area contributed by atoms with Crippen molar-refractivity contribution in [2.24, 2.45) is 40.4 Å². The minimum Gasteiger partial charge on any atom is -0.396 e. The Hall–Kier alpha value is -0.570. The Morgan fingerprint density at radius 3 is 2.52 bits per heavy atom. The number of carbonyl (C=O) groups is 1. The van der Waals surface area contributed by atoms with Gasteiger partial charge in [0.25, 0.3) is 0 Å². The third-order valence-electron chi connectivity index (χ3n) is 9.61. The van der Waals surface area contributed by atoms with E-state index in [9.17, 15) is 9.90 Å². The second-order valence-corrected chi connectivity index (χ2v) is 10.4. The molecule has 1 heterocycles. The van der Waals surface area contributed by atoms with E-state index < -0.39 is 0 Å². The number of piperidine rings is 1. The molecule has 3 aliphatic carbocycles. The number of amides is 1. The number of aliphatic hydroxyl groups is 1. The second kappa shape index (κ2) is 5.97. The van der Waals surface area contributed by atoms with Crippen LogP contribution in [0.25, 0.3) is 0 Å². The Kier molecular flexibility index (Phi) is 4.26.